The van der Waals surface area contributed by atoms with Crippen LogP contribution in [-0.2, 0) is 11.3 Å². The number of nitrogens with one attached hydrogen (secondary N) is 2. The minimum absolute atomic E-state index is 0.699. The summed E-state index contributed by atoms with van der Waals surface area (Å²) < 4.78 is 5.44. The molecule has 0 amide bonds. The van der Waals surface area contributed by atoms with Crippen LogP contribution in [-0.4, -0.2) is 69.9 Å². The van der Waals surface area contributed by atoms with Crippen LogP contribution in [0.25, 0.3) is 0 Å². The predicted molar refractivity (Wildman–Crippen MR) is 122 cm³/mol. The van der Waals surface area contributed by atoms with Gasteiger partial charge >= 0.3 is 0 Å². The Morgan fingerprint density at radius 3 is 2.38 bits per heavy atom. The number of hydrogen-bond donors (Lipinski definition) is 2. The van der Waals surface area contributed by atoms with Crippen molar-refractivity contribution in [1.29, 1.82) is 0 Å². The molecular weight excluding hydrogens is 362 g/mol. The Labute approximate surface area is 176 Å². The van der Waals surface area contributed by atoms with Crippen molar-refractivity contribution < 1.29 is 4.74 Å². The van der Waals surface area contributed by atoms with Crippen LogP contribution in [0.4, 0.5) is 5.69 Å². The lowest BCUT2D eigenvalue weighted by Crippen LogP contribution is -2.39. The topological polar surface area (TPSA) is 52.1 Å². The minimum Gasteiger partial charge on any atom is -0.378 e. The molecule has 3 rings (SSSR count). The first-order chi connectivity index (χ1) is 14.3. The molecule has 0 aliphatic carbocycles. The van der Waals surface area contributed by atoms with E-state index in [1.54, 1.807) is 0 Å². The monoisotopic (exact) mass is 401 g/mol. The van der Waals surface area contributed by atoms with Crippen LogP contribution < -0.4 is 15.5 Å². The van der Waals surface area contributed by atoms with Gasteiger partial charge < -0.3 is 25.2 Å². The molecule has 2 aliphatic heterocycles. The van der Waals surface area contributed by atoms with Crippen LogP contribution in [0, 0.1) is 0 Å². The number of rotatable bonds is 8. The molecule has 2 saturated heterocycles. The maximum Gasteiger partial charge on any atom is 0.191 e. The molecule has 0 unspecified atom stereocenters. The highest BCUT2D eigenvalue weighted by Gasteiger charge is 2.11. The molecular formula is C23H39N5O. The highest BCUT2D eigenvalue weighted by atomic mass is 16.5. The molecule has 2 N–H and O–H groups in total. The highest BCUT2D eigenvalue weighted by Crippen LogP contribution is 2.17. The zero-order chi connectivity index (χ0) is 20.2. The number of ether oxygens (including phenoxy) is 1. The summed E-state index contributed by atoms with van der Waals surface area (Å²) in [6.07, 6.45) is 6.70. The Bertz CT molecular complexity index is 590. The number of nitrogens with zero attached hydrogens (tertiary/aromatic N) is 3. The van der Waals surface area contributed by atoms with Gasteiger partial charge in [-0.25, -0.2) is 4.99 Å². The molecule has 6 nitrogen and oxygen atoms in total. The Kier molecular flexibility index (Phi) is 9.60. The average Bonchev–Trinajstić information content (AvgIpc) is 3.05. The van der Waals surface area contributed by atoms with Crippen molar-refractivity contribution in [1.82, 2.24) is 15.5 Å². The third-order valence-electron chi connectivity index (χ3n) is 5.72. The normalized spacial score (nSPS) is 19.1. The van der Waals surface area contributed by atoms with E-state index in [1.165, 1.54) is 63.0 Å². The summed E-state index contributed by atoms with van der Waals surface area (Å²) in [5.74, 6) is 0.917. The standard InChI is InChI=1S/C23H39N5O/c1-2-24-23(25-12-7-15-27-13-5-3-4-6-14-27)26-20-21-8-10-22(11-9-21)28-16-18-29-19-17-28/h8-11H,2-7,12-20H2,1H3,(H2,24,25,26). The average molecular weight is 402 g/mol. The molecule has 1 aromatic carbocycles. The van der Waals surface area contributed by atoms with Gasteiger partial charge in [-0.1, -0.05) is 25.0 Å². The zero-order valence-electron chi connectivity index (χ0n) is 18.2. The fourth-order valence-electron chi connectivity index (χ4n) is 4.02. The quantitative estimate of drug-likeness (QED) is 0.399. The second-order valence-electron chi connectivity index (χ2n) is 8.00. The van der Waals surface area contributed by atoms with E-state index in [1.807, 2.05) is 0 Å². The lowest BCUT2D eigenvalue weighted by atomic mass is 10.2. The van der Waals surface area contributed by atoms with Crippen LogP contribution in [0.3, 0.4) is 0 Å². The lowest BCUT2D eigenvalue weighted by Gasteiger charge is -2.28. The summed E-state index contributed by atoms with van der Waals surface area (Å²) in [5.41, 5.74) is 2.52. The van der Waals surface area contributed by atoms with Crippen molar-refractivity contribution >= 4 is 11.6 Å². The molecule has 0 atom stereocenters. The van der Waals surface area contributed by atoms with Gasteiger partial charge in [0.2, 0.25) is 0 Å². The maximum absolute atomic E-state index is 5.44. The number of aliphatic imine (C=N–C) groups is 1. The molecule has 0 saturated carbocycles. The number of guanidine groups is 1. The molecule has 29 heavy (non-hydrogen) atoms. The van der Waals surface area contributed by atoms with Gasteiger partial charge in [-0.2, -0.15) is 0 Å². The van der Waals surface area contributed by atoms with Gasteiger partial charge in [0.1, 0.15) is 0 Å². The van der Waals surface area contributed by atoms with Crippen molar-refractivity contribution in [2.45, 2.75) is 45.6 Å². The first kappa shape index (κ1) is 21.9. The summed E-state index contributed by atoms with van der Waals surface area (Å²) in [5, 5.41) is 6.87. The third kappa shape index (κ3) is 7.86. The van der Waals surface area contributed by atoms with Crippen LogP contribution in [0.2, 0.25) is 0 Å². The minimum atomic E-state index is 0.699. The second kappa shape index (κ2) is 12.7. The summed E-state index contributed by atoms with van der Waals surface area (Å²) in [6, 6.07) is 8.80. The van der Waals surface area contributed by atoms with E-state index in [9.17, 15) is 0 Å². The van der Waals surface area contributed by atoms with Crippen molar-refractivity contribution in [3.8, 4) is 0 Å². The third-order valence-corrected chi connectivity index (χ3v) is 5.72. The molecule has 2 heterocycles. The zero-order valence-corrected chi connectivity index (χ0v) is 18.2. The fourth-order valence-corrected chi connectivity index (χ4v) is 4.02. The van der Waals surface area contributed by atoms with Gasteiger partial charge in [0.05, 0.1) is 19.8 Å². The molecule has 0 aromatic heterocycles. The number of likely N-dealkylation sites (tertiary alicyclic amines) is 1. The van der Waals surface area contributed by atoms with Gasteiger partial charge in [-0.05, 0) is 63.5 Å². The van der Waals surface area contributed by atoms with Crippen molar-refractivity contribution in [3.05, 3.63) is 29.8 Å². The number of anilines is 1. The molecule has 2 fully saturated rings. The molecule has 0 spiro atoms. The van der Waals surface area contributed by atoms with E-state index in [0.29, 0.717) is 6.54 Å². The van der Waals surface area contributed by atoms with Gasteiger partial charge in [-0.3, -0.25) is 0 Å². The van der Waals surface area contributed by atoms with Crippen molar-refractivity contribution in [2.24, 2.45) is 4.99 Å². The van der Waals surface area contributed by atoms with Gasteiger partial charge in [0, 0.05) is 31.9 Å². The Balaban J connectivity index is 1.41. The Hall–Kier alpha value is -1.79. The predicted octanol–water partition coefficient (Wildman–Crippen LogP) is 2.84. The van der Waals surface area contributed by atoms with E-state index >= 15 is 0 Å². The molecule has 6 heteroatoms. The van der Waals surface area contributed by atoms with Crippen LogP contribution in [0.5, 0.6) is 0 Å². The van der Waals surface area contributed by atoms with Crippen LogP contribution in [0.15, 0.2) is 29.3 Å². The summed E-state index contributed by atoms with van der Waals surface area (Å²) in [7, 11) is 0. The molecule has 1 aromatic rings. The smallest absolute Gasteiger partial charge is 0.191 e. The SMILES string of the molecule is CCNC(=NCc1ccc(N2CCOCC2)cc1)NCCCN1CCCCCC1. The maximum atomic E-state index is 5.44. The second-order valence-corrected chi connectivity index (χ2v) is 8.00. The number of benzene rings is 1. The molecule has 0 radical (unpaired) electrons. The number of morpholine rings is 1. The summed E-state index contributed by atoms with van der Waals surface area (Å²) >= 11 is 0. The summed E-state index contributed by atoms with van der Waals surface area (Å²) in [4.78, 5) is 9.77. The van der Waals surface area contributed by atoms with E-state index in [-0.39, 0.29) is 0 Å². The van der Waals surface area contributed by atoms with Gasteiger partial charge in [0.15, 0.2) is 5.96 Å². The summed E-state index contributed by atoms with van der Waals surface area (Å²) in [6.45, 7) is 12.0. The Morgan fingerprint density at radius 1 is 0.966 bits per heavy atom. The lowest BCUT2D eigenvalue weighted by molar-refractivity contribution is 0.122. The molecule has 0 bridgehead atoms. The van der Waals surface area contributed by atoms with E-state index in [2.05, 4.69) is 51.6 Å². The first-order valence-corrected chi connectivity index (χ1v) is 11.5. The van der Waals surface area contributed by atoms with Gasteiger partial charge in [0.25, 0.3) is 0 Å². The Morgan fingerprint density at radius 2 is 1.69 bits per heavy atom. The van der Waals surface area contributed by atoms with E-state index < -0.39 is 0 Å². The van der Waals surface area contributed by atoms with Crippen molar-refractivity contribution in [2.75, 3.05) is 63.9 Å². The molecule has 162 valence electrons. The fraction of sp³-hybridized carbons (Fsp3) is 0.696. The van der Waals surface area contributed by atoms with E-state index in [4.69, 9.17) is 9.73 Å². The highest BCUT2D eigenvalue weighted by molar-refractivity contribution is 5.79. The first-order valence-electron chi connectivity index (χ1n) is 11.5. The van der Waals surface area contributed by atoms with Gasteiger partial charge in [-0.15, -0.1) is 0 Å². The largest absolute Gasteiger partial charge is 0.378 e. The van der Waals surface area contributed by atoms with Crippen LogP contribution >= 0.6 is 0 Å². The van der Waals surface area contributed by atoms with Crippen LogP contribution in [0.1, 0.15) is 44.6 Å². The molecule has 2 aliphatic rings. The van der Waals surface area contributed by atoms with E-state index in [0.717, 1.165) is 45.4 Å². The number of hydrogen-bond acceptors (Lipinski definition) is 4. The van der Waals surface area contributed by atoms with Crippen molar-refractivity contribution in [3.63, 3.8) is 0 Å².